The van der Waals surface area contributed by atoms with E-state index in [0.29, 0.717) is 45.9 Å². The van der Waals surface area contributed by atoms with Gasteiger partial charge in [0.25, 0.3) is 0 Å². The van der Waals surface area contributed by atoms with Gasteiger partial charge < -0.3 is 28.8 Å². The Bertz CT molecular complexity index is 1990. The Labute approximate surface area is 391 Å². The molecule has 0 unspecified atom stereocenters. The first-order valence-electron chi connectivity index (χ1n) is 24.0. The summed E-state index contributed by atoms with van der Waals surface area (Å²) in [5, 5.41) is 10.9. The van der Waals surface area contributed by atoms with E-state index in [9.17, 15) is 5.11 Å². The summed E-state index contributed by atoms with van der Waals surface area (Å²) >= 11 is 0. The van der Waals surface area contributed by atoms with Crippen LogP contribution in [0.2, 0.25) is 0 Å². The fourth-order valence-electron chi connectivity index (χ4n) is 7.49. The largest absolute Gasteiger partial charge is 0.393 e. The van der Waals surface area contributed by atoms with Crippen molar-refractivity contribution in [1.82, 2.24) is 0 Å². The molecule has 0 fully saturated rings. The smallest absolute Gasteiger partial charge is 0.0760 e. The van der Waals surface area contributed by atoms with Crippen molar-refractivity contribution in [2.24, 2.45) is 0 Å². The van der Waals surface area contributed by atoms with Gasteiger partial charge in [0.05, 0.1) is 69.7 Å². The molecule has 0 bridgehead atoms. The van der Waals surface area contributed by atoms with Crippen LogP contribution in [-0.4, -0.2) is 41.7 Å². The second-order valence-electron chi connectivity index (χ2n) is 16.9. The maximum Gasteiger partial charge on any atom is 0.0760 e. The van der Waals surface area contributed by atoms with Gasteiger partial charge in [-0.2, -0.15) is 0 Å². The average molecular weight is 879 g/mol. The molecule has 346 valence electrons. The van der Waals surface area contributed by atoms with Crippen molar-refractivity contribution >= 4 is 0 Å². The summed E-state index contributed by atoms with van der Waals surface area (Å²) in [5.74, 6) is 0. The summed E-state index contributed by atoms with van der Waals surface area (Å²) in [6, 6.07) is 51.7. The van der Waals surface area contributed by atoms with Crippen LogP contribution in [0.1, 0.15) is 106 Å². The van der Waals surface area contributed by atoms with E-state index in [1.165, 1.54) is 16.7 Å². The van der Waals surface area contributed by atoms with E-state index in [0.717, 1.165) is 62.5 Å². The van der Waals surface area contributed by atoms with Gasteiger partial charge >= 0.3 is 0 Å². The molecule has 0 heterocycles. The summed E-state index contributed by atoms with van der Waals surface area (Å²) in [6.07, 6.45) is 20.9. The van der Waals surface area contributed by atoms with Crippen LogP contribution in [0.4, 0.5) is 0 Å². The van der Waals surface area contributed by atoms with Gasteiger partial charge in [-0.05, 0) is 98.9 Å². The van der Waals surface area contributed by atoms with Crippen molar-refractivity contribution in [1.29, 1.82) is 0 Å². The highest BCUT2D eigenvalue weighted by Crippen LogP contribution is 2.20. The summed E-state index contributed by atoms with van der Waals surface area (Å²) in [4.78, 5) is 0. The van der Waals surface area contributed by atoms with E-state index in [1.807, 2.05) is 73.7 Å². The Hall–Kier alpha value is -4.92. The molecule has 6 atom stereocenters. The number of hydrogen-bond acceptors (Lipinski definition) is 6. The molecule has 0 spiro atoms. The lowest BCUT2D eigenvalue weighted by Crippen LogP contribution is -2.16. The highest BCUT2D eigenvalue weighted by molar-refractivity contribution is 5.17. The van der Waals surface area contributed by atoms with E-state index < -0.39 is 6.10 Å². The van der Waals surface area contributed by atoms with Gasteiger partial charge in [0.2, 0.25) is 0 Å². The van der Waals surface area contributed by atoms with Crippen molar-refractivity contribution in [3.8, 4) is 0 Å². The normalized spacial score (nSPS) is 14.8. The van der Waals surface area contributed by atoms with Gasteiger partial charge in [-0.1, -0.05) is 195 Å². The highest BCUT2D eigenvalue weighted by Gasteiger charge is 2.14. The molecule has 65 heavy (non-hydrogen) atoms. The molecule has 6 heteroatoms. The number of benzene rings is 5. The summed E-state index contributed by atoms with van der Waals surface area (Å²) in [6.45, 7) is 7.07. The minimum Gasteiger partial charge on any atom is -0.393 e. The van der Waals surface area contributed by atoms with Crippen molar-refractivity contribution in [2.45, 2.75) is 148 Å². The molecule has 0 saturated heterocycles. The van der Waals surface area contributed by atoms with Crippen LogP contribution in [0.15, 0.2) is 188 Å². The van der Waals surface area contributed by atoms with E-state index in [-0.39, 0.29) is 30.5 Å². The third kappa shape index (κ3) is 22.7. The second-order valence-corrected chi connectivity index (χ2v) is 16.9. The molecular formula is C59H74O6. The second kappa shape index (κ2) is 31.9. The Morgan fingerprint density at radius 2 is 0.754 bits per heavy atom. The molecule has 5 aromatic carbocycles. The quantitative estimate of drug-likeness (QED) is 0.0424. The highest BCUT2D eigenvalue weighted by atomic mass is 16.5. The van der Waals surface area contributed by atoms with Crippen molar-refractivity contribution in [3.05, 3.63) is 216 Å². The Balaban J connectivity index is 1.15. The lowest BCUT2D eigenvalue weighted by Gasteiger charge is -2.20. The number of ether oxygens (including phenoxy) is 5. The summed E-state index contributed by atoms with van der Waals surface area (Å²) < 4.78 is 31.9. The molecule has 6 nitrogen and oxygen atoms in total. The van der Waals surface area contributed by atoms with E-state index in [4.69, 9.17) is 23.7 Å². The molecule has 0 aliphatic heterocycles. The van der Waals surface area contributed by atoms with Crippen molar-refractivity contribution in [2.75, 3.05) is 0 Å². The SMILES string of the molecule is CC[C@@H](C/C=C\[C@@H](CCC[C@H](C/C=C\[C@@H](CCC[C@H](O)C/C=C\[C@H](C)OCc1ccccc1)OCc1ccccc1)OCc1ccccc1)OCc1ccccc1)OCc1ccccc1. The number of aliphatic hydroxyl groups is 1. The molecule has 0 aliphatic rings. The van der Waals surface area contributed by atoms with Crippen LogP contribution in [0.3, 0.4) is 0 Å². The standard InChI is InChI=1S/C59H74O6/c1-3-56(62-45-51-27-11-5-12-28-51)37-21-39-58(64-47-53-31-15-7-16-32-53)41-23-43-59(65-48-54-33-17-8-18-34-54)42-22-40-57(63-46-52-29-13-6-14-30-52)38-20-36-55(60)35-19-24-49(2)61-44-50-25-9-4-10-26-50/h4-19,21-22,24-34,39-40,49,55-60H,3,20,23,35-38,41-48H2,1-2H3/b24-19-,39-21-,40-22-/t49-,55+,56-,57+,58-,59-/m0/s1. The van der Waals surface area contributed by atoms with Crippen LogP contribution < -0.4 is 0 Å². The molecule has 5 aromatic rings. The summed E-state index contributed by atoms with van der Waals surface area (Å²) in [5.41, 5.74) is 5.83. The predicted molar refractivity (Wildman–Crippen MR) is 266 cm³/mol. The zero-order chi connectivity index (χ0) is 45.4. The molecule has 0 aliphatic carbocycles. The summed E-state index contributed by atoms with van der Waals surface area (Å²) in [7, 11) is 0. The zero-order valence-corrected chi connectivity index (χ0v) is 39.0. The predicted octanol–water partition coefficient (Wildman–Crippen LogP) is 13.9. The third-order valence-electron chi connectivity index (χ3n) is 11.4. The van der Waals surface area contributed by atoms with Gasteiger partial charge in [-0.15, -0.1) is 0 Å². The lowest BCUT2D eigenvalue weighted by atomic mass is 10.0. The van der Waals surface area contributed by atoms with Gasteiger partial charge in [-0.25, -0.2) is 0 Å². The minimum absolute atomic E-state index is 0.0230. The van der Waals surface area contributed by atoms with E-state index in [2.05, 4.69) is 128 Å². The molecule has 1 N–H and O–H groups in total. The van der Waals surface area contributed by atoms with Gasteiger partial charge in [0, 0.05) is 0 Å². The third-order valence-corrected chi connectivity index (χ3v) is 11.4. The molecule has 0 radical (unpaired) electrons. The monoisotopic (exact) mass is 879 g/mol. The first-order chi connectivity index (χ1) is 32.0. The first kappa shape index (κ1) is 51.1. The van der Waals surface area contributed by atoms with Gasteiger partial charge in [0.15, 0.2) is 0 Å². The van der Waals surface area contributed by atoms with Crippen LogP contribution in [0.25, 0.3) is 0 Å². The molecule has 5 rings (SSSR count). The number of hydrogen-bond donors (Lipinski definition) is 1. The van der Waals surface area contributed by atoms with Crippen LogP contribution >= 0.6 is 0 Å². The molecule has 0 saturated carbocycles. The average Bonchev–Trinajstić information content (AvgIpc) is 3.35. The van der Waals surface area contributed by atoms with E-state index >= 15 is 0 Å². The molecule has 0 aromatic heterocycles. The number of rotatable bonds is 33. The van der Waals surface area contributed by atoms with Crippen LogP contribution in [-0.2, 0) is 56.7 Å². The fourth-order valence-corrected chi connectivity index (χ4v) is 7.49. The van der Waals surface area contributed by atoms with Crippen LogP contribution in [0.5, 0.6) is 0 Å². The zero-order valence-electron chi connectivity index (χ0n) is 39.0. The topological polar surface area (TPSA) is 66.4 Å². The Morgan fingerprint density at radius 3 is 1.18 bits per heavy atom. The maximum absolute atomic E-state index is 10.9. The minimum atomic E-state index is -0.418. The van der Waals surface area contributed by atoms with Gasteiger partial charge in [-0.3, -0.25) is 0 Å². The molecule has 0 amide bonds. The van der Waals surface area contributed by atoms with Gasteiger partial charge in [0.1, 0.15) is 0 Å². The fraction of sp³-hybridized carbons (Fsp3) is 0.390. The first-order valence-corrected chi connectivity index (χ1v) is 24.0. The van der Waals surface area contributed by atoms with Crippen molar-refractivity contribution < 1.29 is 28.8 Å². The maximum atomic E-state index is 10.9. The Morgan fingerprint density at radius 1 is 0.400 bits per heavy atom. The lowest BCUT2D eigenvalue weighted by molar-refractivity contribution is 0.0269. The van der Waals surface area contributed by atoms with Crippen molar-refractivity contribution in [3.63, 3.8) is 0 Å². The van der Waals surface area contributed by atoms with E-state index in [1.54, 1.807) is 0 Å². The van der Waals surface area contributed by atoms with Crippen LogP contribution in [0, 0.1) is 0 Å². The number of aliphatic hydroxyl groups excluding tert-OH is 1. The molecular weight excluding hydrogens is 805 g/mol. The Kier molecular flexibility index (Phi) is 25.0.